The van der Waals surface area contributed by atoms with E-state index < -0.39 is 12.3 Å². The zero-order valence-electron chi connectivity index (χ0n) is 19.2. The highest BCUT2D eigenvalue weighted by atomic mass is 16.2. The fourth-order valence-electron chi connectivity index (χ4n) is 6.28. The second kappa shape index (κ2) is 7.81. The zero-order chi connectivity index (χ0) is 23.6. The van der Waals surface area contributed by atoms with Gasteiger partial charge in [0.15, 0.2) is 0 Å². The number of carbonyl (C=O) groups is 5. The Morgan fingerprint density at radius 2 is 1.15 bits per heavy atom. The molecular formula is C24H30N4O5. The quantitative estimate of drug-likeness (QED) is 0.474. The molecule has 3 aliphatic heterocycles. The van der Waals surface area contributed by atoms with E-state index in [0.717, 1.165) is 0 Å². The van der Waals surface area contributed by atoms with Gasteiger partial charge in [-0.1, -0.05) is 31.2 Å². The smallest absolute Gasteiger partial charge is 0.302 e. The van der Waals surface area contributed by atoms with Gasteiger partial charge < -0.3 is 9.80 Å². The molecule has 3 heterocycles. The molecular weight excluding hydrogens is 424 g/mol. The number of amides is 6. The van der Waals surface area contributed by atoms with Crippen LogP contribution in [0.3, 0.4) is 0 Å². The van der Waals surface area contributed by atoms with Gasteiger partial charge in [0.2, 0.25) is 23.6 Å². The minimum absolute atomic E-state index is 0.0200. The molecule has 2 aliphatic carbocycles. The van der Waals surface area contributed by atoms with Crippen LogP contribution in [0, 0.1) is 29.6 Å². The van der Waals surface area contributed by atoms with Crippen LogP contribution in [0.25, 0.3) is 0 Å². The average Bonchev–Trinajstić information content (AvgIpc) is 3.39. The van der Waals surface area contributed by atoms with E-state index in [4.69, 9.17) is 0 Å². The summed E-state index contributed by atoms with van der Waals surface area (Å²) in [5.41, 5.74) is 0. The highest BCUT2D eigenvalue weighted by molar-refractivity contribution is 6.07. The second-order valence-corrected chi connectivity index (χ2v) is 9.84. The van der Waals surface area contributed by atoms with Crippen LogP contribution in [0.1, 0.15) is 40.0 Å². The topological polar surface area (TPSA) is 98.3 Å². The fourth-order valence-corrected chi connectivity index (χ4v) is 6.28. The first-order valence-electron chi connectivity index (χ1n) is 11.9. The summed E-state index contributed by atoms with van der Waals surface area (Å²) in [6.45, 7) is 5.96. The lowest BCUT2D eigenvalue weighted by molar-refractivity contribution is -0.146. The molecule has 0 N–H and O–H groups in total. The van der Waals surface area contributed by atoms with Gasteiger partial charge in [-0.2, -0.15) is 0 Å². The summed E-state index contributed by atoms with van der Waals surface area (Å²) in [6.07, 6.45) is 7.99. The number of imide groups is 2. The monoisotopic (exact) mass is 454 g/mol. The molecule has 33 heavy (non-hydrogen) atoms. The maximum Gasteiger partial charge on any atom is 0.323 e. The molecule has 3 saturated heterocycles. The number of hydrogen-bond acceptors (Lipinski definition) is 5. The lowest BCUT2D eigenvalue weighted by Gasteiger charge is -2.34. The van der Waals surface area contributed by atoms with Crippen LogP contribution >= 0.6 is 0 Å². The molecule has 7 atom stereocenters. The maximum atomic E-state index is 13.4. The summed E-state index contributed by atoms with van der Waals surface area (Å²) < 4.78 is 0. The van der Waals surface area contributed by atoms with E-state index in [-0.39, 0.29) is 59.2 Å². The molecule has 5 rings (SSSR count). The highest BCUT2D eigenvalue weighted by Crippen LogP contribution is 2.40. The number of allylic oxidation sites excluding steroid dienone is 4. The van der Waals surface area contributed by atoms with Crippen molar-refractivity contribution >= 4 is 29.7 Å². The van der Waals surface area contributed by atoms with Gasteiger partial charge in [-0.05, 0) is 39.0 Å². The number of hydrogen-bond donors (Lipinski definition) is 0. The average molecular weight is 455 g/mol. The van der Waals surface area contributed by atoms with Gasteiger partial charge in [-0.3, -0.25) is 29.0 Å². The van der Waals surface area contributed by atoms with Crippen molar-refractivity contribution in [1.29, 1.82) is 0 Å². The zero-order valence-corrected chi connectivity index (χ0v) is 19.2. The summed E-state index contributed by atoms with van der Waals surface area (Å²) in [5, 5.41) is 0. The van der Waals surface area contributed by atoms with Crippen molar-refractivity contribution in [3.8, 4) is 0 Å². The molecule has 9 heteroatoms. The maximum absolute atomic E-state index is 13.4. The predicted molar refractivity (Wildman–Crippen MR) is 117 cm³/mol. The molecule has 3 fully saturated rings. The van der Waals surface area contributed by atoms with Crippen LogP contribution in [0.5, 0.6) is 0 Å². The third-order valence-corrected chi connectivity index (χ3v) is 8.17. The van der Waals surface area contributed by atoms with Crippen molar-refractivity contribution in [3.63, 3.8) is 0 Å². The van der Waals surface area contributed by atoms with Crippen molar-refractivity contribution in [2.24, 2.45) is 29.6 Å². The van der Waals surface area contributed by atoms with Crippen molar-refractivity contribution in [2.75, 3.05) is 13.1 Å². The van der Waals surface area contributed by atoms with E-state index in [2.05, 4.69) is 0 Å². The standard InChI is InChI=1S/C24H30N4O5/c1-13-7-6-10-18-19(13)23(32)28(22(18)31)15(3)26-12-11-25(24(26)33)14(2)27-20(29)16-8-4-5-9-17(16)21(27)30/h4-7,13-19H,8-12H2,1-3H3. The molecule has 176 valence electrons. The first-order chi connectivity index (χ1) is 15.7. The predicted octanol–water partition coefficient (Wildman–Crippen LogP) is 1.56. The number of fused-ring (bicyclic) bond motifs is 2. The molecule has 6 amide bonds. The Kier molecular flexibility index (Phi) is 5.17. The Hall–Kier alpha value is -2.97. The van der Waals surface area contributed by atoms with Gasteiger partial charge in [0.1, 0.15) is 12.3 Å². The first-order valence-corrected chi connectivity index (χ1v) is 11.9. The minimum atomic E-state index is -0.718. The summed E-state index contributed by atoms with van der Waals surface area (Å²) in [7, 11) is 0. The Morgan fingerprint density at radius 3 is 1.67 bits per heavy atom. The van der Waals surface area contributed by atoms with Crippen LogP contribution in [-0.2, 0) is 19.2 Å². The Bertz CT molecular complexity index is 963. The highest BCUT2D eigenvalue weighted by Gasteiger charge is 2.55. The molecule has 7 unspecified atom stereocenters. The number of rotatable bonds is 4. The Morgan fingerprint density at radius 1 is 0.697 bits per heavy atom. The third kappa shape index (κ3) is 3.08. The van der Waals surface area contributed by atoms with E-state index in [0.29, 0.717) is 32.4 Å². The number of carbonyl (C=O) groups excluding carboxylic acids is 5. The second-order valence-electron chi connectivity index (χ2n) is 9.84. The first kappa shape index (κ1) is 21.9. The SMILES string of the molecule is CC1C=CCC2C(=O)N(C(C)N3CCN(C(C)N4C(=O)C5CC=CCC5C4=O)C3=O)C(=O)C12. The van der Waals surface area contributed by atoms with Crippen LogP contribution in [0.15, 0.2) is 24.3 Å². The van der Waals surface area contributed by atoms with Gasteiger partial charge in [-0.25, -0.2) is 4.79 Å². The normalized spacial score (nSPS) is 35.6. The van der Waals surface area contributed by atoms with E-state index >= 15 is 0 Å². The Balaban J connectivity index is 1.31. The van der Waals surface area contributed by atoms with Crippen molar-refractivity contribution in [3.05, 3.63) is 24.3 Å². The van der Waals surface area contributed by atoms with Crippen LogP contribution in [-0.4, -0.2) is 74.7 Å². The summed E-state index contributed by atoms with van der Waals surface area (Å²) >= 11 is 0. The molecule has 0 radical (unpaired) electrons. The van der Waals surface area contributed by atoms with Crippen LogP contribution in [0.4, 0.5) is 4.79 Å². The van der Waals surface area contributed by atoms with E-state index in [1.165, 1.54) is 19.6 Å². The van der Waals surface area contributed by atoms with E-state index in [1.54, 1.807) is 13.8 Å². The molecule has 9 nitrogen and oxygen atoms in total. The lowest BCUT2D eigenvalue weighted by atomic mass is 9.78. The summed E-state index contributed by atoms with van der Waals surface area (Å²) in [5.74, 6) is -2.38. The van der Waals surface area contributed by atoms with Gasteiger partial charge >= 0.3 is 6.03 Å². The fraction of sp³-hybridized carbons (Fsp3) is 0.625. The lowest BCUT2D eigenvalue weighted by Crippen LogP contribution is -2.54. The number of urea groups is 1. The van der Waals surface area contributed by atoms with Crippen molar-refractivity contribution < 1.29 is 24.0 Å². The molecule has 0 aromatic carbocycles. The molecule has 0 saturated carbocycles. The van der Waals surface area contributed by atoms with Gasteiger partial charge in [0.25, 0.3) is 0 Å². The number of likely N-dealkylation sites (tertiary alicyclic amines) is 2. The minimum Gasteiger partial charge on any atom is -0.302 e. The molecule has 5 aliphatic rings. The third-order valence-electron chi connectivity index (χ3n) is 8.17. The molecule has 0 bridgehead atoms. The molecule has 0 aromatic rings. The van der Waals surface area contributed by atoms with E-state index in [9.17, 15) is 24.0 Å². The molecule has 0 aromatic heterocycles. The summed E-state index contributed by atoms with van der Waals surface area (Å²) in [6, 6.07) is -0.370. The molecule has 0 spiro atoms. The van der Waals surface area contributed by atoms with Crippen molar-refractivity contribution in [2.45, 2.75) is 52.4 Å². The van der Waals surface area contributed by atoms with Gasteiger partial charge in [-0.15, -0.1) is 0 Å². The van der Waals surface area contributed by atoms with Crippen LogP contribution in [0.2, 0.25) is 0 Å². The van der Waals surface area contributed by atoms with Crippen LogP contribution < -0.4 is 0 Å². The van der Waals surface area contributed by atoms with E-state index in [1.807, 2.05) is 31.2 Å². The summed E-state index contributed by atoms with van der Waals surface area (Å²) in [4.78, 5) is 71.0. The number of nitrogens with zero attached hydrogens (tertiary/aromatic N) is 4. The Labute approximate surface area is 193 Å². The van der Waals surface area contributed by atoms with Gasteiger partial charge in [0.05, 0.1) is 23.7 Å². The largest absolute Gasteiger partial charge is 0.323 e. The van der Waals surface area contributed by atoms with Crippen molar-refractivity contribution in [1.82, 2.24) is 19.6 Å². The van der Waals surface area contributed by atoms with Gasteiger partial charge in [0, 0.05) is 13.1 Å².